The molecule has 1 N–H and O–H groups in total. The van der Waals surface area contributed by atoms with Crippen molar-refractivity contribution in [2.75, 3.05) is 5.32 Å². The molecule has 7 nitrogen and oxygen atoms in total. The maximum Gasteiger partial charge on any atom is 0.271 e. The first kappa shape index (κ1) is 24.3. The fraction of sp³-hybridized carbons (Fsp3) is 0.0435. The Hall–Kier alpha value is -3.38. The van der Waals surface area contributed by atoms with Gasteiger partial charge in [-0.3, -0.25) is 14.9 Å². The van der Waals surface area contributed by atoms with Crippen molar-refractivity contribution in [3.63, 3.8) is 0 Å². The zero-order valence-corrected chi connectivity index (χ0v) is 19.8. The average molecular weight is 547 g/mol. The molecule has 10 heteroatoms. The third kappa shape index (κ3) is 6.56. The van der Waals surface area contributed by atoms with E-state index in [1.807, 2.05) is 6.07 Å². The van der Waals surface area contributed by atoms with Gasteiger partial charge in [0.05, 0.1) is 4.92 Å². The second kappa shape index (κ2) is 11.0. The monoisotopic (exact) mass is 545 g/mol. The molecule has 0 saturated heterocycles. The molecule has 0 unspecified atom stereocenters. The first-order valence-electron chi connectivity index (χ1n) is 9.30. The molecule has 0 fully saturated rings. The van der Waals surface area contributed by atoms with E-state index in [1.54, 1.807) is 36.4 Å². The number of hydrogen-bond donors (Lipinski definition) is 1. The average Bonchev–Trinajstić information content (AvgIpc) is 2.78. The van der Waals surface area contributed by atoms with Gasteiger partial charge in [-0.2, -0.15) is 5.26 Å². The van der Waals surface area contributed by atoms with Gasteiger partial charge in [0, 0.05) is 43.5 Å². The fourth-order valence-corrected chi connectivity index (χ4v) is 3.60. The molecule has 0 saturated carbocycles. The van der Waals surface area contributed by atoms with Crippen LogP contribution in [0.3, 0.4) is 0 Å². The Morgan fingerprint density at radius 3 is 2.67 bits per heavy atom. The van der Waals surface area contributed by atoms with Crippen molar-refractivity contribution in [1.82, 2.24) is 0 Å². The highest BCUT2D eigenvalue weighted by Gasteiger charge is 2.14. The number of halogens is 3. The van der Waals surface area contributed by atoms with Crippen LogP contribution in [-0.4, -0.2) is 10.8 Å². The Morgan fingerprint density at radius 2 is 1.97 bits per heavy atom. The molecule has 1 amide bonds. The number of carbonyl (C=O) groups is 1. The Labute approximate surface area is 207 Å². The van der Waals surface area contributed by atoms with Crippen molar-refractivity contribution < 1.29 is 14.5 Å². The third-order valence-corrected chi connectivity index (χ3v) is 5.43. The summed E-state index contributed by atoms with van der Waals surface area (Å²) in [5, 5.41) is 23.9. The van der Waals surface area contributed by atoms with Crippen LogP contribution in [0.5, 0.6) is 5.75 Å². The lowest BCUT2D eigenvalue weighted by molar-refractivity contribution is -0.384. The van der Waals surface area contributed by atoms with Crippen LogP contribution in [0.25, 0.3) is 6.08 Å². The second-order valence-corrected chi connectivity index (χ2v) is 8.40. The highest BCUT2D eigenvalue weighted by molar-refractivity contribution is 9.10. The maximum atomic E-state index is 12.6. The van der Waals surface area contributed by atoms with Crippen molar-refractivity contribution in [3.8, 4) is 11.8 Å². The molecular formula is C23H14BrCl2N3O4. The molecule has 0 spiro atoms. The Kier molecular flexibility index (Phi) is 8.06. The van der Waals surface area contributed by atoms with E-state index in [-0.39, 0.29) is 23.6 Å². The number of ether oxygens (including phenoxy) is 1. The number of nitrogens with zero attached hydrogens (tertiary/aromatic N) is 2. The third-order valence-electron chi connectivity index (χ3n) is 4.35. The van der Waals surface area contributed by atoms with Crippen molar-refractivity contribution in [1.29, 1.82) is 5.26 Å². The van der Waals surface area contributed by atoms with Gasteiger partial charge in [0.25, 0.3) is 11.6 Å². The number of benzene rings is 3. The van der Waals surface area contributed by atoms with Crippen LogP contribution >= 0.6 is 39.1 Å². The molecule has 3 aromatic rings. The Balaban J connectivity index is 1.84. The van der Waals surface area contributed by atoms with Crippen LogP contribution in [0.4, 0.5) is 11.4 Å². The summed E-state index contributed by atoms with van der Waals surface area (Å²) in [6, 6.07) is 17.5. The summed E-state index contributed by atoms with van der Waals surface area (Å²) < 4.78 is 6.59. The molecular weight excluding hydrogens is 533 g/mol. The van der Waals surface area contributed by atoms with Crippen LogP contribution in [0, 0.1) is 21.4 Å². The van der Waals surface area contributed by atoms with Crippen LogP contribution < -0.4 is 10.1 Å². The van der Waals surface area contributed by atoms with E-state index in [9.17, 15) is 20.2 Å². The summed E-state index contributed by atoms with van der Waals surface area (Å²) in [4.78, 5) is 23.0. The van der Waals surface area contributed by atoms with Crippen molar-refractivity contribution in [2.24, 2.45) is 0 Å². The normalized spacial score (nSPS) is 10.9. The van der Waals surface area contributed by atoms with Gasteiger partial charge in [-0.1, -0.05) is 51.3 Å². The lowest BCUT2D eigenvalue weighted by Gasteiger charge is -2.12. The second-order valence-electron chi connectivity index (χ2n) is 6.64. The number of nitriles is 1. The van der Waals surface area contributed by atoms with E-state index in [4.69, 9.17) is 27.9 Å². The van der Waals surface area contributed by atoms with E-state index in [0.29, 0.717) is 31.4 Å². The van der Waals surface area contributed by atoms with Crippen LogP contribution in [0.2, 0.25) is 10.0 Å². The van der Waals surface area contributed by atoms with Gasteiger partial charge in [-0.25, -0.2) is 0 Å². The molecule has 0 aliphatic carbocycles. The van der Waals surface area contributed by atoms with Gasteiger partial charge in [0.2, 0.25) is 0 Å². The number of nitrogens with one attached hydrogen (secondary N) is 1. The van der Waals surface area contributed by atoms with E-state index in [2.05, 4.69) is 21.2 Å². The van der Waals surface area contributed by atoms with Gasteiger partial charge in [0.15, 0.2) is 0 Å². The zero-order chi connectivity index (χ0) is 24.0. The summed E-state index contributed by atoms with van der Waals surface area (Å²) in [5.74, 6) is -0.301. The van der Waals surface area contributed by atoms with Crippen molar-refractivity contribution in [2.45, 2.75) is 6.61 Å². The number of hydrogen-bond acceptors (Lipinski definition) is 5. The number of non-ortho nitro benzene ring substituents is 1. The largest absolute Gasteiger partial charge is 0.488 e. The van der Waals surface area contributed by atoms with Gasteiger partial charge in [-0.15, -0.1) is 0 Å². The SMILES string of the molecule is N#C/C(=C\c1cc(Br)ccc1OCc1ccc(Cl)cc1Cl)C(=O)Nc1cccc([N+](=O)[O-])c1. The minimum Gasteiger partial charge on any atom is -0.488 e. The van der Waals surface area contributed by atoms with E-state index < -0.39 is 10.8 Å². The highest BCUT2D eigenvalue weighted by atomic mass is 79.9. The van der Waals surface area contributed by atoms with Crippen molar-refractivity contribution >= 4 is 62.5 Å². The van der Waals surface area contributed by atoms with E-state index in [0.717, 1.165) is 0 Å². The summed E-state index contributed by atoms with van der Waals surface area (Å²) in [6.07, 6.45) is 1.37. The van der Waals surface area contributed by atoms with Gasteiger partial charge >= 0.3 is 0 Å². The molecule has 3 aromatic carbocycles. The molecule has 0 radical (unpaired) electrons. The molecule has 33 heavy (non-hydrogen) atoms. The number of nitro groups is 1. The van der Waals surface area contributed by atoms with Crippen LogP contribution in [0.1, 0.15) is 11.1 Å². The predicted octanol–water partition coefficient (Wildman–Crippen LogP) is 6.79. The predicted molar refractivity (Wildman–Crippen MR) is 130 cm³/mol. The smallest absolute Gasteiger partial charge is 0.271 e. The molecule has 0 bridgehead atoms. The van der Waals surface area contributed by atoms with Crippen molar-refractivity contribution in [3.05, 3.63) is 102 Å². The van der Waals surface area contributed by atoms with E-state index >= 15 is 0 Å². The summed E-state index contributed by atoms with van der Waals surface area (Å²) in [7, 11) is 0. The van der Waals surface area contributed by atoms with Crippen LogP contribution in [-0.2, 0) is 11.4 Å². The van der Waals surface area contributed by atoms with Gasteiger partial charge < -0.3 is 10.1 Å². The number of carbonyl (C=O) groups excluding carboxylic acids is 1. The summed E-state index contributed by atoms with van der Waals surface area (Å²) >= 11 is 15.5. The minimum absolute atomic E-state index is 0.139. The molecule has 0 aliphatic rings. The highest BCUT2D eigenvalue weighted by Crippen LogP contribution is 2.28. The maximum absolute atomic E-state index is 12.6. The fourth-order valence-electron chi connectivity index (χ4n) is 2.76. The summed E-state index contributed by atoms with van der Waals surface area (Å²) in [5.41, 5.74) is 0.981. The molecule has 0 heterocycles. The molecule has 0 aliphatic heterocycles. The number of anilines is 1. The lowest BCUT2D eigenvalue weighted by Crippen LogP contribution is -2.13. The van der Waals surface area contributed by atoms with Gasteiger partial charge in [0.1, 0.15) is 24.0 Å². The minimum atomic E-state index is -0.718. The zero-order valence-electron chi connectivity index (χ0n) is 16.7. The lowest BCUT2D eigenvalue weighted by atomic mass is 10.1. The molecule has 3 rings (SSSR count). The topological polar surface area (TPSA) is 105 Å². The molecule has 0 atom stereocenters. The Morgan fingerprint density at radius 1 is 1.18 bits per heavy atom. The van der Waals surface area contributed by atoms with E-state index in [1.165, 1.54) is 30.3 Å². The first-order valence-corrected chi connectivity index (χ1v) is 10.9. The standard InChI is InChI=1S/C23H14BrCl2N3O4/c24-17-5-7-22(33-13-14-4-6-18(25)10-21(14)26)15(9-17)8-16(12-27)23(30)28-19-2-1-3-20(11-19)29(31)32/h1-11H,13H2,(H,28,30)/b16-8+. The molecule has 166 valence electrons. The number of amides is 1. The molecule has 0 aromatic heterocycles. The summed E-state index contributed by atoms with van der Waals surface area (Å²) in [6.45, 7) is 0.139. The quantitative estimate of drug-likeness (QED) is 0.152. The number of nitro benzene ring substituents is 1. The van der Waals surface area contributed by atoms with Gasteiger partial charge in [-0.05, 0) is 42.5 Å². The number of rotatable bonds is 7. The Bertz CT molecular complexity index is 1310. The van der Waals surface area contributed by atoms with Crippen LogP contribution in [0.15, 0.2) is 70.7 Å². The first-order chi connectivity index (χ1) is 15.8.